The van der Waals surface area contributed by atoms with E-state index in [4.69, 9.17) is 4.74 Å². The third-order valence-electron chi connectivity index (χ3n) is 4.40. The Morgan fingerprint density at radius 2 is 2.04 bits per heavy atom. The smallest absolute Gasteiger partial charge is 0.248 e. The second-order valence-electron chi connectivity index (χ2n) is 6.46. The average molecular weight is 440 g/mol. The van der Waals surface area contributed by atoms with Crippen molar-refractivity contribution < 1.29 is 9.53 Å². The van der Waals surface area contributed by atoms with E-state index < -0.39 is 0 Å². The van der Waals surface area contributed by atoms with Crippen LogP contribution < -0.4 is 10.1 Å². The molecule has 28 heavy (non-hydrogen) atoms. The van der Waals surface area contributed by atoms with Gasteiger partial charge < -0.3 is 10.1 Å². The third kappa shape index (κ3) is 4.12. The Morgan fingerprint density at radius 3 is 2.75 bits per heavy atom. The Hall–Kier alpha value is -3.00. The molecule has 1 saturated carbocycles. The molecule has 1 fully saturated rings. The van der Waals surface area contributed by atoms with E-state index in [-0.39, 0.29) is 5.91 Å². The summed E-state index contributed by atoms with van der Waals surface area (Å²) in [6, 6.07) is 13.5. The maximum absolute atomic E-state index is 12.2. The minimum Gasteiger partial charge on any atom is -0.496 e. The molecule has 0 bridgehead atoms. The number of ether oxygens (including phenoxy) is 1. The first-order valence-electron chi connectivity index (χ1n) is 8.85. The van der Waals surface area contributed by atoms with Crippen LogP contribution in [0.15, 0.2) is 53.0 Å². The molecule has 142 valence electrons. The Balaban J connectivity index is 1.44. The highest BCUT2D eigenvalue weighted by Gasteiger charge is 2.28. The van der Waals surface area contributed by atoms with E-state index in [9.17, 15) is 4.79 Å². The summed E-state index contributed by atoms with van der Waals surface area (Å²) >= 11 is 3.42. The molecule has 1 aliphatic rings. The van der Waals surface area contributed by atoms with Crippen LogP contribution in [-0.2, 0) is 4.79 Å². The van der Waals surface area contributed by atoms with Gasteiger partial charge in [-0.2, -0.15) is 0 Å². The minimum atomic E-state index is -0.224. The van der Waals surface area contributed by atoms with Gasteiger partial charge in [0.15, 0.2) is 5.82 Å². The van der Waals surface area contributed by atoms with Crippen LogP contribution in [0.25, 0.3) is 17.5 Å². The van der Waals surface area contributed by atoms with Gasteiger partial charge in [0.2, 0.25) is 5.91 Å². The van der Waals surface area contributed by atoms with Crippen molar-refractivity contribution in [1.29, 1.82) is 0 Å². The molecule has 1 aliphatic carbocycles. The molecular weight excluding hydrogens is 422 g/mol. The van der Waals surface area contributed by atoms with Crippen LogP contribution in [0.4, 0.5) is 5.69 Å². The number of carbonyl (C=O) groups is 1. The molecule has 0 aliphatic heterocycles. The normalized spacial score (nSPS) is 13.6. The number of hydrogen-bond donors (Lipinski definition) is 1. The number of hydrogen-bond acceptors (Lipinski definition) is 5. The maximum Gasteiger partial charge on any atom is 0.248 e. The van der Waals surface area contributed by atoms with E-state index in [1.54, 1.807) is 13.2 Å². The van der Waals surface area contributed by atoms with Crippen LogP contribution in [0, 0.1) is 0 Å². The fraction of sp³-hybridized carbons (Fsp3) is 0.200. The van der Waals surface area contributed by atoms with Gasteiger partial charge in [0.05, 0.1) is 13.2 Å². The first-order valence-corrected chi connectivity index (χ1v) is 9.64. The highest BCUT2D eigenvalue weighted by Crippen LogP contribution is 2.36. The van der Waals surface area contributed by atoms with Crippen molar-refractivity contribution in [3.63, 3.8) is 0 Å². The Labute approximate surface area is 170 Å². The van der Waals surface area contributed by atoms with Crippen LogP contribution in [0.1, 0.15) is 24.4 Å². The topological polar surface area (TPSA) is 81.9 Å². The van der Waals surface area contributed by atoms with Gasteiger partial charge >= 0.3 is 0 Å². The van der Waals surface area contributed by atoms with Crippen LogP contribution in [-0.4, -0.2) is 33.2 Å². The molecule has 1 N–H and O–H groups in total. The fourth-order valence-electron chi connectivity index (χ4n) is 2.84. The lowest BCUT2D eigenvalue weighted by Gasteiger charge is -2.06. The monoisotopic (exact) mass is 439 g/mol. The number of amides is 1. The van der Waals surface area contributed by atoms with Crippen molar-refractivity contribution in [3.05, 3.63) is 58.6 Å². The Kier molecular flexibility index (Phi) is 5.21. The molecule has 1 heterocycles. The van der Waals surface area contributed by atoms with Crippen molar-refractivity contribution in [2.24, 2.45) is 0 Å². The predicted octanol–water partition coefficient (Wildman–Crippen LogP) is 4.10. The van der Waals surface area contributed by atoms with E-state index in [0.717, 1.165) is 34.3 Å². The van der Waals surface area contributed by atoms with E-state index in [2.05, 4.69) is 36.8 Å². The second-order valence-corrected chi connectivity index (χ2v) is 7.38. The number of anilines is 1. The van der Waals surface area contributed by atoms with Gasteiger partial charge in [-0.05, 0) is 71.8 Å². The summed E-state index contributed by atoms with van der Waals surface area (Å²) in [5, 5.41) is 14.8. The summed E-state index contributed by atoms with van der Waals surface area (Å²) in [4.78, 5) is 12.2. The van der Waals surface area contributed by atoms with Crippen molar-refractivity contribution in [2.45, 2.75) is 18.9 Å². The molecule has 1 amide bonds. The number of tetrazole rings is 1. The molecule has 0 atom stereocenters. The fourth-order valence-corrected chi connectivity index (χ4v) is 3.21. The molecule has 0 radical (unpaired) electrons. The zero-order valence-corrected chi connectivity index (χ0v) is 16.8. The first-order chi connectivity index (χ1) is 13.6. The molecule has 4 rings (SSSR count). The van der Waals surface area contributed by atoms with Gasteiger partial charge in [0.25, 0.3) is 0 Å². The number of benzene rings is 2. The van der Waals surface area contributed by atoms with Crippen LogP contribution in [0.3, 0.4) is 0 Å². The van der Waals surface area contributed by atoms with Crippen LogP contribution in [0.2, 0.25) is 0 Å². The number of nitrogens with zero attached hydrogens (tertiary/aromatic N) is 4. The molecule has 0 spiro atoms. The largest absolute Gasteiger partial charge is 0.496 e. The van der Waals surface area contributed by atoms with Gasteiger partial charge in [0, 0.05) is 27.4 Å². The maximum atomic E-state index is 12.2. The van der Waals surface area contributed by atoms with Gasteiger partial charge in [-0.1, -0.05) is 15.9 Å². The molecule has 0 saturated heterocycles. The van der Waals surface area contributed by atoms with Crippen molar-refractivity contribution >= 4 is 33.6 Å². The number of nitrogens with one attached hydrogen (secondary N) is 1. The molecule has 8 heteroatoms. The Bertz CT molecular complexity index is 1030. The highest BCUT2D eigenvalue weighted by molar-refractivity contribution is 9.10. The van der Waals surface area contributed by atoms with Crippen LogP contribution in [0.5, 0.6) is 5.75 Å². The SMILES string of the molecule is COc1ccc(Br)cc1/C=C/C(=O)Nc1ccc(-c2nnnn2C2CC2)cc1. The van der Waals surface area contributed by atoms with Crippen molar-refractivity contribution in [1.82, 2.24) is 20.2 Å². The van der Waals surface area contributed by atoms with E-state index in [0.29, 0.717) is 17.5 Å². The zero-order valence-electron chi connectivity index (χ0n) is 15.2. The molecule has 7 nitrogen and oxygen atoms in total. The number of methoxy groups -OCH3 is 1. The van der Waals surface area contributed by atoms with Gasteiger partial charge in [-0.3, -0.25) is 4.79 Å². The van der Waals surface area contributed by atoms with Crippen LogP contribution >= 0.6 is 15.9 Å². The molecule has 3 aromatic rings. The summed E-state index contributed by atoms with van der Waals surface area (Å²) in [5.74, 6) is 1.23. The summed E-state index contributed by atoms with van der Waals surface area (Å²) in [6.07, 6.45) is 5.42. The highest BCUT2D eigenvalue weighted by atomic mass is 79.9. The quantitative estimate of drug-likeness (QED) is 0.584. The lowest BCUT2D eigenvalue weighted by atomic mass is 10.1. The summed E-state index contributed by atoms with van der Waals surface area (Å²) in [5.41, 5.74) is 2.43. The zero-order chi connectivity index (χ0) is 19.5. The number of rotatable bonds is 6. The lowest BCUT2D eigenvalue weighted by molar-refractivity contribution is -0.111. The average Bonchev–Trinajstić information content (AvgIpc) is 3.44. The Morgan fingerprint density at radius 1 is 1.25 bits per heavy atom. The van der Waals surface area contributed by atoms with E-state index in [1.165, 1.54) is 6.08 Å². The summed E-state index contributed by atoms with van der Waals surface area (Å²) in [7, 11) is 1.60. The number of carbonyl (C=O) groups excluding carboxylic acids is 1. The molecular formula is C20H18BrN5O2. The minimum absolute atomic E-state index is 0.224. The third-order valence-corrected chi connectivity index (χ3v) is 4.90. The molecule has 2 aromatic carbocycles. The van der Waals surface area contributed by atoms with E-state index >= 15 is 0 Å². The summed E-state index contributed by atoms with van der Waals surface area (Å²) < 4.78 is 8.09. The second kappa shape index (κ2) is 7.93. The van der Waals surface area contributed by atoms with Gasteiger partial charge in [0.1, 0.15) is 5.75 Å². The van der Waals surface area contributed by atoms with Gasteiger partial charge in [-0.25, -0.2) is 4.68 Å². The lowest BCUT2D eigenvalue weighted by Crippen LogP contribution is -2.07. The molecule has 0 unspecified atom stereocenters. The van der Waals surface area contributed by atoms with Crippen molar-refractivity contribution in [3.8, 4) is 17.1 Å². The molecule has 1 aromatic heterocycles. The van der Waals surface area contributed by atoms with E-state index in [1.807, 2.05) is 47.1 Å². The summed E-state index contributed by atoms with van der Waals surface area (Å²) in [6.45, 7) is 0. The predicted molar refractivity (Wildman–Crippen MR) is 110 cm³/mol. The number of aromatic nitrogens is 4. The standard InChI is InChI=1S/C20H18BrN5O2/c1-28-18-10-5-15(21)12-14(18)4-11-19(27)22-16-6-2-13(3-7-16)20-23-24-25-26(20)17-8-9-17/h2-7,10-12,17H,8-9H2,1H3,(H,22,27)/b11-4+. The van der Waals surface area contributed by atoms with Gasteiger partial charge in [-0.15, -0.1) is 5.10 Å². The first kappa shape index (κ1) is 18.4. The number of halogens is 1. The van der Waals surface area contributed by atoms with Crippen molar-refractivity contribution in [2.75, 3.05) is 12.4 Å².